The summed E-state index contributed by atoms with van der Waals surface area (Å²) in [6.07, 6.45) is 3.45. The molecule has 0 saturated carbocycles. The number of rotatable bonds is 7. The SMILES string of the molecule is O=C1CCc2ccc(OCCCCN3CCN(c4noc5cc(Cl)ccc45)CC3)cc2N1. The van der Waals surface area contributed by atoms with Gasteiger partial charge >= 0.3 is 0 Å². The molecule has 2 aliphatic heterocycles. The largest absolute Gasteiger partial charge is 0.494 e. The minimum absolute atomic E-state index is 0.0795. The van der Waals surface area contributed by atoms with E-state index in [1.165, 1.54) is 5.56 Å². The number of amides is 1. The van der Waals surface area contributed by atoms with Crippen molar-refractivity contribution in [2.45, 2.75) is 25.7 Å². The molecule has 0 aliphatic carbocycles. The number of nitrogens with one attached hydrogen (secondary N) is 1. The maximum atomic E-state index is 11.6. The number of aromatic nitrogens is 1. The molecular weight excluding hydrogens is 428 g/mol. The van der Waals surface area contributed by atoms with Crippen molar-refractivity contribution in [3.63, 3.8) is 0 Å². The summed E-state index contributed by atoms with van der Waals surface area (Å²) in [5.74, 6) is 1.81. The lowest BCUT2D eigenvalue weighted by atomic mass is 10.0. The number of nitrogens with zero attached hydrogens (tertiary/aromatic N) is 3. The second-order valence-corrected chi connectivity index (χ2v) is 8.83. The fraction of sp³-hybridized carbons (Fsp3) is 0.417. The van der Waals surface area contributed by atoms with E-state index in [1.807, 2.05) is 30.3 Å². The summed E-state index contributed by atoms with van der Waals surface area (Å²) in [5.41, 5.74) is 2.80. The van der Waals surface area contributed by atoms with E-state index in [2.05, 4.69) is 26.3 Å². The smallest absolute Gasteiger partial charge is 0.224 e. The number of hydrogen-bond donors (Lipinski definition) is 1. The van der Waals surface area contributed by atoms with E-state index in [0.29, 0.717) is 18.1 Å². The number of carbonyl (C=O) groups excluding carboxylic acids is 1. The molecule has 168 valence electrons. The average Bonchev–Trinajstić information content (AvgIpc) is 3.22. The highest BCUT2D eigenvalue weighted by atomic mass is 35.5. The molecule has 0 radical (unpaired) electrons. The van der Waals surface area contributed by atoms with Crippen molar-refractivity contribution >= 4 is 40.0 Å². The Hall–Kier alpha value is -2.77. The Kier molecular flexibility index (Phi) is 6.19. The van der Waals surface area contributed by atoms with Gasteiger partial charge in [-0.2, -0.15) is 0 Å². The van der Waals surface area contributed by atoms with Crippen LogP contribution in [0, 0.1) is 0 Å². The van der Waals surface area contributed by atoms with Gasteiger partial charge in [0.2, 0.25) is 5.91 Å². The van der Waals surface area contributed by atoms with E-state index in [9.17, 15) is 4.79 Å². The summed E-state index contributed by atoms with van der Waals surface area (Å²) < 4.78 is 11.4. The van der Waals surface area contributed by atoms with Crippen molar-refractivity contribution in [1.29, 1.82) is 0 Å². The molecule has 1 saturated heterocycles. The molecule has 32 heavy (non-hydrogen) atoms. The molecule has 7 nitrogen and oxygen atoms in total. The van der Waals surface area contributed by atoms with Gasteiger partial charge in [-0.15, -0.1) is 0 Å². The molecule has 1 amide bonds. The first-order valence-corrected chi connectivity index (χ1v) is 11.6. The molecular formula is C24H27ClN4O3. The summed E-state index contributed by atoms with van der Waals surface area (Å²) in [4.78, 5) is 16.3. The zero-order chi connectivity index (χ0) is 21.9. The molecule has 3 aromatic rings. The van der Waals surface area contributed by atoms with Crippen molar-refractivity contribution in [1.82, 2.24) is 10.1 Å². The van der Waals surface area contributed by atoms with E-state index in [0.717, 1.165) is 80.2 Å². The highest BCUT2D eigenvalue weighted by molar-refractivity contribution is 6.31. The van der Waals surface area contributed by atoms with Gasteiger partial charge in [0.05, 0.1) is 12.0 Å². The Morgan fingerprint density at radius 1 is 1.06 bits per heavy atom. The zero-order valence-electron chi connectivity index (χ0n) is 18.0. The molecule has 5 rings (SSSR count). The molecule has 1 fully saturated rings. The summed E-state index contributed by atoms with van der Waals surface area (Å²) in [6.45, 7) is 5.62. The Labute approximate surface area is 192 Å². The quantitative estimate of drug-likeness (QED) is 0.535. The second-order valence-electron chi connectivity index (χ2n) is 8.40. The van der Waals surface area contributed by atoms with Crippen LogP contribution in [0.15, 0.2) is 40.9 Å². The minimum atomic E-state index is 0.0795. The van der Waals surface area contributed by atoms with Crippen molar-refractivity contribution < 1.29 is 14.1 Å². The molecule has 8 heteroatoms. The van der Waals surface area contributed by atoms with Crippen LogP contribution in [0.4, 0.5) is 11.5 Å². The number of fused-ring (bicyclic) bond motifs is 2. The topological polar surface area (TPSA) is 70.8 Å². The fourth-order valence-electron chi connectivity index (χ4n) is 4.38. The molecule has 2 aromatic carbocycles. The van der Waals surface area contributed by atoms with Gasteiger partial charge in [-0.05, 0) is 49.6 Å². The van der Waals surface area contributed by atoms with Crippen LogP contribution in [0.5, 0.6) is 5.75 Å². The lowest BCUT2D eigenvalue weighted by Crippen LogP contribution is -2.46. The number of unbranched alkanes of at least 4 members (excludes halogenated alkanes) is 1. The van der Waals surface area contributed by atoms with Crippen LogP contribution in [-0.2, 0) is 11.2 Å². The number of carbonyl (C=O) groups is 1. The third-order valence-corrected chi connectivity index (χ3v) is 6.44. The Bertz CT molecular complexity index is 1110. The summed E-state index contributed by atoms with van der Waals surface area (Å²) in [5, 5.41) is 8.87. The van der Waals surface area contributed by atoms with Gasteiger partial charge in [0, 0.05) is 55.4 Å². The van der Waals surface area contributed by atoms with E-state index < -0.39 is 0 Å². The first-order chi connectivity index (χ1) is 15.7. The third kappa shape index (κ3) is 4.69. The number of ether oxygens (including phenoxy) is 1. The van der Waals surface area contributed by atoms with Gasteiger partial charge < -0.3 is 19.5 Å². The summed E-state index contributed by atoms with van der Waals surface area (Å²) >= 11 is 6.04. The highest BCUT2D eigenvalue weighted by Gasteiger charge is 2.21. The number of piperazine rings is 1. The number of benzene rings is 2. The van der Waals surface area contributed by atoms with Crippen LogP contribution >= 0.6 is 11.6 Å². The lowest BCUT2D eigenvalue weighted by molar-refractivity contribution is -0.116. The van der Waals surface area contributed by atoms with Crippen LogP contribution < -0.4 is 15.0 Å². The molecule has 0 spiro atoms. The number of aryl methyl sites for hydroxylation is 1. The third-order valence-electron chi connectivity index (χ3n) is 6.20. The fourth-order valence-corrected chi connectivity index (χ4v) is 4.54. The van der Waals surface area contributed by atoms with Crippen LogP contribution in [0.2, 0.25) is 5.02 Å². The van der Waals surface area contributed by atoms with Crippen LogP contribution in [0.3, 0.4) is 0 Å². The van der Waals surface area contributed by atoms with Crippen molar-refractivity contribution in [3.05, 3.63) is 47.0 Å². The standard InChI is InChI=1S/C24H27ClN4O3/c25-18-5-7-20-22(15-18)32-27-24(20)29-12-10-28(11-13-29)9-1-2-14-31-19-6-3-17-4-8-23(30)26-21(17)16-19/h3,5-7,15-16H,1-2,4,8-14H2,(H,26,30). The normalized spacial score (nSPS) is 16.8. The van der Waals surface area contributed by atoms with E-state index in [-0.39, 0.29) is 5.91 Å². The number of hydrogen-bond acceptors (Lipinski definition) is 6. The number of anilines is 2. The van der Waals surface area contributed by atoms with Crippen LogP contribution in [-0.4, -0.2) is 55.3 Å². The molecule has 1 aromatic heterocycles. The Morgan fingerprint density at radius 3 is 2.81 bits per heavy atom. The van der Waals surface area contributed by atoms with E-state index in [1.54, 1.807) is 0 Å². The average molecular weight is 455 g/mol. The minimum Gasteiger partial charge on any atom is -0.494 e. The van der Waals surface area contributed by atoms with Gasteiger partial charge in [0.25, 0.3) is 0 Å². The monoisotopic (exact) mass is 454 g/mol. The van der Waals surface area contributed by atoms with Crippen LogP contribution in [0.25, 0.3) is 11.0 Å². The van der Waals surface area contributed by atoms with Crippen molar-refractivity contribution in [2.24, 2.45) is 0 Å². The molecule has 1 N–H and O–H groups in total. The predicted octanol–water partition coefficient (Wildman–Crippen LogP) is 4.35. The molecule has 0 unspecified atom stereocenters. The first-order valence-electron chi connectivity index (χ1n) is 11.2. The highest BCUT2D eigenvalue weighted by Crippen LogP contribution is 2.29. The molecule has 0 atom stereocenters. The molecule has 3 heterocycles. The molecule has 2 aliphatic rings. The summed E-state index contributed by atoms with van der Waals surface area (Å²) in [7, 11) is 0. The van der Waals surface area contributed by atoms with Gasteiger partial charge in [-0.1, -0.05) is 22.8 Å². The van der Waals surface area contributed by atoms with Gasteiger partial charge in [-0.25, -0.2) is 0 Å². The Balaban J connectivity index is 1.03. The van der Waals surface area contributed by atoms with Gasteiger partial charge in [0.15, 0.2) is 11.4 Å². The predicted molar refractivity (Wildman–Crippen MR) is 126 cm³/mol. The van der Waals surface area contributed by atoms with Crippen LogP contribution in [0.1, 0.15) is 24.8 Å². The van der Waals surface area contributed by atoms with Gasteiger partial charge in [-0.3, -0.25) is 9.69 Å². The molecule has 0 bridgehead atoms. The summed E-state index contributed by atoms with van der Waals surface area (Å²) in [6, 6.07) is 11.7. The maximum Gasteiger partial charge on any atom is 0.224 e. The Morgan fingerprint density at radius 2 is 1.94 bits per heavy atom. The van der Waals surface area contributed by atoms with Crippen molar-refractivity contribution in [2.75, 3.05) is 49.5 Å². The second kappa shape index (κ2) is 9.38. The maximum absolute atomic E-state index is 11.6. The first kappa shape index (κ1) is 21.1. The number of halogens is 1. The lowest BCUT2D eigenvalue weighted by Gasteiger charge is -2.34. The van der Waals surface area contributed by atoms with E-state index in [4.69, 9.17) is 20.9 Å². The van der Waals surface area contributed by atoms with E-state index >= 15 is 0 Å². The van der Waals surface area contributed by atoms with Gasteiger partial charge in [0.1, 0.15) is 5.75 Å². The zero-order valence-corrected chi connectivity index (χ0v) is 18.7. The van der Waals surface area contributed by atoms with Crippen molar-refractivity contribution in [3.8, 4) is 5.75 Å².